The summed E-state index contributed by atoms with van der Waals surface area (Å²) in [4.78, 5) is 27.5. The van der Waals surface area contributed by atoms with Crippen molar-refractivity contribution in [1.29, 1.82) is 0 Å². The second-order valence-corrected chi connectivity index (χ2v) is 5.15. The van der Waals surface area contributed by atoms with Crippen molar-refractivity contribution in [3.05, 3.63) is 29.0 Å². The standard InChI is InChI=1S/C12H12N2O5S/c1-6-9(10(16)13-7(5-15)12(17)18)14-11(20-6)8-3-2-4-19-8/h2-4,7,15H,5H2,1H3,(H,13,16)(H,17,18)/t7-/m0/s1. The number of carboxylic acid groups (broad SMARTS) is 1. The number of carbonyl (C=O) groups is 2. The zero-order valence-electron chi connectivity index (χ0n) is 10.5. The minimum atomic E-state index is -1.35. The third kappa shape index (κ3) is 2.86. The Hall–Kier alpha value is -2.19. The van der Waals surface area contributed by atoms with Gasteiger partial charge in [-0.05, 0) is 19.1 Å². The van der Waals surface area contributed by atoms with Gasteiger partial charge in [-0.25, -0.2) is 9.78 Å². The van der Waals surface area contributed by atoms with Crippen LogP contribution in [-0.4, -0.2) is 39.7 Å². The van der Waals surface area contributed by atoms with Gasteiger partial charge >= 0.3 is 5.97 Å². The highest BCUT2D eigenvalue weighted by atomic mass is 32.1. The summed E-state index contributed by atoms with van der Waals surface area (Å²) in [6.45, 7) is 1.02. The first kappa shape index (κ1) is 14.2. The van der Waals surface area contributed by atoms with E-state index in [1.165, 1.54) is 17.6 Å². The summed E-state index contributed by atoms with van der Waals surface area (Å²) in [5, 5.41) is 20.4. The first-order valence-corrected chi connectivity index (χ1v) is 6.50. The Kier molecular flexibility index (Phi) is 4.16. The number of aliphatic hydroxyl groups excluding tert-OH is 1. The van der Waals surface area contributed by atoms with Crippen molar-refractivity contribution in [2.45, 2.75) is 13.0 Å². The zero-order chi connectivity index (χ0) is 14.7. The van der Waals surface area contributed by atoms with E-state index in [2.05, 4.69) is 10.3 Å². The molecule has 0 saturated heterocycles. The van der Waals surface area contributed by atoms with Gasteiger partial charge in [-0.15, -0.1) is 11.3 Å². The molecule has 0 aliphatic carbocycles. The van der Waals surface area contributed by atoms with Crippen LogP contribution in [0.5, 0.6) is 0 Å². The molecule has 2 heterocycles. The summed E-state index contributed by atoms with van der Waals surface area (Å²) < 4.78 is 5.19. The van der Waals surface area contributed by atoms with Crippen molar-refractivity contribution in [2.24, 2.45) is 0 Å². The first-order chi connectivity index (χ1) is 9.52. The lowest BCUT2D eigenvalue weighted by molar-refractivity contribution is -0.140. The van der Waals surface area contributed by atoms with Gasteiger partial charge < -0.3 is 19.9 Å². The molecule has 7 nitrogen and oxygen atoms in total. The molecular formula is C12H12N2O5S. The van der Waals surface area contributed by atoms with Gasteiger partial charge in [-0.3, -0.25) is 4.79 Å². The molecule has 0 aromatic carbocycles. The van der Waals surface area contributed by atoms with Gasteiger partial charge in [-0.2, -0.15) is 0 Å². The number of rotatable bonds is 5. The molecule has 1 atom stereocenters. The molecule has 0 aliphatic heterocycles. The first-order valence-electron chi connectivity index (χ1n) is 5.68. The summed E-state index contributed by atoms with van der Waals surface area (Å²) in [7, 11) is 0. The molecule has 20 heavy (non-hydrogen) atoms. The summed E-state index contributed by atoms with van der Waals surface area (Å²) in [6.07, 6.45) is 1.50. The van der Waals surface area contributed by atoms with E-state index in [1.54, 1.807) is 19.1 Å². The monoisotopic (exact) mass is 296 g/mol. The van der Waals surface area contributed by atoms with Crippen molar-refractivity contribution in [2.75, 3.05) is 6.61 Å². The lowest BCUT2D eigenvalue weighted by Crippen LogP contribution is -2.43. The fraction of sp³-hybridized carbons (Fsp3) is 0.250. The number of amides is 1. The smallest absolute Gasteiger partial charge is 0.328 e. The Morgan fingerprint density at radius 2 is 2.30 bits per heavy atom. The van der Waals surface area contributed by atoms with E-state index in [0.29, 0.717) is 15.6 Å². The minimum absolute atomic E-state index is 0.126. The molecule has 1 amide bonds. The third-order valence-electron chi connectivity index (χ3n) is 2.53. The highest BCUT2D eigenvalue weighted by molar-refractivity contribution is 7.15. The summed E-state index contributed by atoms with van der Waals surface area (Å²) in [5.74, 6) is -1.41. The molecule has 8 heteroatoms. The fourth-order valence-electron chi connectivity index (χ4n) is 1.52. The summed E-state index contributed by atoms with van der Waals surface area (Å²) >= 11 is 1.27. The molecule has 0 unspecified atom stereocenters. The Balaban J connectivity index is 2.21. The number of carbonyl (C=O) groups excluding carboxylic acids is 1. The van der Waals surface area contributed by atoms with Crippen LogP contribution in [0.1, 0.15) is 15.4 Å². The highest BCUT2D eigenvalue weighted by Gasteiger charge is 2.23. The Bertz CT molecular complexity index is 620. The molecule has 2 aromatic heterocycles. The number of nitrogens with zero attached hydrogens (tertiary/aromatic N) is 1. The normalized spacial score (nSPS) is 12.1. The van der Waals surface area contributed by atoms with E-state index >= 15 is 0 Å². The highest BCUT2D eigenvalue weighted by Crippen LogP contribution is 2.27. The van der Waals surface area contributed by atoms with Crippen LogP contribution in [0.15, 0.2) is 22.8 Å². The molecule has 0 saturated carbocycles. The zero-order valence-corrected chi connectivity index (χ0v) is 11.3. The number of furan rings is 1. The van der Waals surface area contributed by atoms with Crippen LogP contribution in [-0.2, 0) is 4.79 Å². The summed E-state index contributed by atoms with van der Waals surface area (Å²) in [6, 6.07) is 2.07. The van der Waals surface area contributed by atoms with Gasteiger partial charge in [-0.1, -0.05) is 0 Å². The van der Waals surface area contributed by atoms with Crippen molar-refractivity contribution in [1.82, 2.24) is 10.3 Å². The average molecular weight is 296 g/mol. The second-order valence-electron chi connectivity index (χ2n) is 3.95. The predicted molar refractivity (Wildman–Crippen MR) is 70.5 cm³/mol. The van der Waals surface area contributed by atoms with Gasteiger partial charge in [0.25, 0.3) is 5.91 Å². The quantitative estimate of drug-likeness (QED) is 0.755. The molecule has 0 radical (unpaired) electrons. The van der Waals surface area contributed by atoms with Crippen LogP contribution in [0.25, 0.3) is 10.8 Å². The third-order valence-corrected chi connectivity index (χ3v) is 3.51. The Morgan fingerprint density at radius 1 is 1.55 bits per heavy atom. The van der Waals surface area contributed by atoms with Gasteiger partial charge in [0.05, 0.1) is 12.9 Å². The van der Waals surface area contributed by atoms with Crippen LogP contribution >= 0.6 is 11.3 Å². The van der Waals surface area contributed by atoms with E-state index in [4.69, 9.17) is 14.6 Å². The van der Waals surface area contributed by atoms with Crippen LogP contribution in [0.4, 0.5) is 0 Å². The van der Waals surface area contributed by atoms with Crippen molar-refractivity contribution >= 4 is 23.2 Å². The molecule has 0 bridgehead atoms. The van der Waals surface area contributed by atoms with E-state index in [9.17, 15) is 9.59 Å². The largest absolute Gasteiger partial charge is 0.480 e. The van der Waals surface area contributed by atoms with E-state index in [1.807, 2.05) is 0 Å². The van der Waals surface area contributed by atoms with Gasteiger partial charge in [0.1, 0.15) is 5.69 Å². The molecule has 2 rings (SSSR count). The summed E-state index contributed by atoms with van der Waals surface area (Å²) in [5.41, 5.74) is 0.126. The number of aliphatic hydroxyl groups is 1. The maximum Gasteiger partial charge on any atom is 0.328 e. The van der Waals surface area contributed by atoms with Crippen molar-refractivity contribution in [3.8, 4) is 10.8 Å². The van der Waals surface area contributed by atoms with Crippen LogP contribution in [0.2, 0.25) is 0 Å². The maximum absolute atomic E-state index is 12.0. The van der Waals surface area contributed by atoms with Gasteiger partial charge in [0, 0.05) is 4.88 Å². The minimum Gasteiger partial charge on any atom is -0.480 e. The number of hydrogen-bond acceptors (Lipinski definition) is 6. The van der Waals surface area contributed by atoms with Crippen LogP contribution in [0.3, 0.4) is 0 Å². The number of aromatic nitrogens is 1. The maximum atomic E-state index is 12.0. The molecule has 0 fully saturated rings. The van der Waals surface area contributed by atoms with E-state index < -0.39 is 24.5 Å². The average Bonchev–Trinajstić information content (AvgIpc) is 3.03. The number of thiazole rings is 1. The number of nitrogens with one attached hydrogen (secondary N) is 1. The molecule has 2 aromatic rings. The number of aryl methyl sites for hydroxylation is 1. The van der Waals surface area contributed by atoms with E-state index in [-0.39, 0.29) is 5.69 Å². The van der Waals surface area contributed by atoms with E-state index in [0.717, 1.165) is 0 Å². The van der Waals surface area contributed by atoms with Crippen molar-refractivity contribution < 1.29 is 24.2 Å². The molecular weight excluding hydrogens is 284 g/mol. The van der Waals surface area contributed by atoms with Crippen LogP contribution in [0, 0.1) is 6.92 Å². The molecule has 3 N–H and O–H groups in total. The fourth-order valence-corrected chi connectivity index (χ4v) is 2.40. The molecule has 106 valence electrons. The Labute approximate surface area is 117 Å². The number of aliphatic carboxylic acids is 1. The molecule has 0 spiro atoms. The second kappa shape index (κ2) is 5.85. The number of hydrogen-bond donors (Lipinski definition) is 3. The lowest BCUT2D eigenvalue weighted by atomic mass is 10.3. The topological polar surface area (TPSA) is 113 Å². The predicted octanol–water partition coefficient (Wildman–Crippen LogP) is 0.887. The van der Waals surface area contributed by atoms with Gasteiger partial charge in [0.2, 0.25) is 0 Å². The van der Waals surface area contributed by atoms with Crippen molar-refractivity contribution in [3.63, 3.8) is 0 Å². The number of carboxylic acids is 1. The van der Waals surface area contributed by atoms with Crippen LogP contribution < -0.4 is 5.32 Å². The SMILES string of the molecule is Cc1sc(-c2ccco2)nc1C(=O)N[C@@H](CO)C(=O)O. The Morgan fingerprint density at radius 3 is 2.85 bits per heavy atom. The molecule has 0 aliphatic rings. The van der Waals surface area contributed by atoms with Gasteiger partial charge in [0.15, 0.2) is 16.8 Å². The lowest BCUT2D eigenvalue weighted by Gasteiger charge is -2.10.